The first-order chi connectivity index (χ1) is 8.72. The van der Waals surface area contributed by atoms with Crippen LogP contribution in [0.15, 0.2) is 0 Å². The second-order valence-corrected chi connectivity index (χ2v) is 6.18. The topological polar surface area (TPSA) is 32.3 Å². The molecule has 2 saturated carbocycles. The Hall–Kier alpha value is -0.280. The highest BCUT2D eigenvalue weighted by molar-refractivity contribution is 5.85. The minimum absolute atomic E-state index is 0. The molecule has 112 valence electrons. The van der Waals surface area contributed by atoms with Crippen LogP contribution in [0.2, 0.25) is 0 Å². The maximum atomic E-state index is 12.6. The van der Waals surface area contributed by atoms with Crippen LogP contribution in [0.5, 0.6) is 0 Å². The van der Waals surface area contributed by atoms with Crippen LogP contribution in [0, 0.1) is 11.8 Å². The van der Waals surface area contributed by atoms with Crippen LogP contribution >= 0.6 is 12.4 Å². The number of nitrogens with one attached hydrogen (secondary N) is 1. The van der Waals surface area contributed by atoms with Gasteiger partial charge in [0.05, 0.1) is 0 Å². The Labute approximate surface area is 123 Å². The van der Waals surface area contributed by atoms with E-state index < -0.39 is 0 Å². The van der Waals surface area contributed by atoms with E-state index in [0.717, 1.165) is 19.0 Å². The first-order valence-corrected chi connectivity index (χ1v) is 7.67. The van der Waals surface area contributed by atoms with Gasteiger partial charge in [-0.1, -0.05) is 26.2 Å². The molecular weight excluding hydrogens is 260 g/mol. The molecule has 4 heteroatoms. The van der Waals surface area contributed by atoms with Gasteiger partial charge in [0.15, 0.2) is 0 Å². The van der Waals surface area contributed by atoms with Crippen LogP contribution in [-0.4, -0.2) is 37.0 Å². The summed E-state index contributed by atoms with van der Waals surface area (Å²) >= 11 is 0. The van der Waals surface area contributed by atoms with Gasteiger partial charge in [-0.15, -0.1) is 12.4 Å². The van der Waals surface area contributed by atoms with E-state index in [1.165, 1.54) is 44.9 Å². The van der Waals surface area contributed by atoms with Crippen molar-refractivity contribution in [3.8, 4) is 0 Å². The molecule has 1 atom stereocenters. The van der Waals surface area contributed by atoms with E-state index >= 15 is 0 Å². The maximum absolute atomic E-state index is 12.6. The van der Waals surface area contributed by atoms with Gasteiger partial charge >= 0.3 is 0 Å². The summed E-state index contributed by atoms with van der Waals surface area (Å²) in [5.74, 6) is 1.30. The zero-order chi connectivity index (χ0) is 13.0. The van der Waals surface area contributed by atoms with Crippen molar-refractivity contribution in [1.29, 1.82) is 0 Å². The molecule has 19 heavy (non-hydrogen) atoms. The van der Waals surface area contributed by atoms with E-state index in [4.69, 9.17) is 0 Å². The second kappa shape index (κ2) is 8.11. The Morgan fingerprint density at radius 2 is 1.84 bits per heavy atom. The predicted octanol–water partition coefficient (Wildman–Crippen LogP) is 2.84. The zero-order valence-corrected chi connectivity index (χ0v) is 13.2. The van der Waals surface area contributed by atoms with E-state index in [2.05, 4.69) is 17.1 Å². The molecule has 0 aliphatic heterocycles. The molecule has 1 amide bonds. The average Bonchev–Trinajstić information content (AvgIpc) is 3.20. The lowest BCUT2D eigenvalue weighted by atomic mass is 9.93. The van der Waals surface area contributed by atoms with Crippen molar-refractivity contribution in [3.05, 3.63) is 0 Å². The molecule has 0 saturated heterocycles. The first kappa shape index (κ1) is 16.8. The Balaban J connectivity index is 0.00000180. The minimum Gasteiger partial charge on any atom is -0.339 e. The highest BCUT2D eigenvalue weighted by Gasteiger charge is 2.33. The van der Waals surface area contributed by atoms with Crippen LogP contribution in [0.25, 0.3) is 0 Å². The summed E-state index contributed by atoms with van der Waals surface area (Å²) < 4.78 is 0. The van der Waals surface area contributed by atoms with Gasteiger partial charge in [-0.2, -0.15) is 0 Å². The quantitative estimate of drug-likeness (QED) is 0.815. The van der Waals surface area contributed by atoms with Crippen molar-refractivity contribution in [2.45, 2.75) is 57.9 Å². The molecule has 0 radical (unpaired) electrons. The monoisotopic (exact) mass is 288 g/mol. The van der Waals surface area contributed by atoms with Crippen LogP contribution in [0.3, 0.4) is 0 Å². The SMILES string of the molecule is CNCC(C)C(=O)N(CC1CC1)C1CCCCC1.Cl. The first-order valence-electron chi connectivity index (χ1n) is 7.67. The van der Waals surface area contributed by atoms with Crippen molar-refractivity contribution in [2.75, 3.05) is 20.1 Å². The molecule has 2 fully saturated rings. The molecule has 2 aliphatic rings. The van der Waals surface area contributed by atoms with Crippen molar-refractivity contribution in [2.24, 2.45) is 11.8 Å². The van der Waals surface area contributed by atoms with Gasteiger partial charge in [0, 0.05) is 25.0 Å². The zero-order valence-electron chi connectivity index (χ0n) is 12.4. The molecule has 2 aliphatic carbocycles. The van der Waals surface area contributed by atoms with Gasteiger partial charge in [-0.05, 0) is 38.6 Å². The van der Waals surface area contributed by atoms with Gasteiger partial charge in [-0.3, -0.25) is 4.79 Å². The van der Waals surface area contributed by atoms with Crippen molar-refractivity contribution >= 4 is 18.3 Å². The third-order valence-electron chi connectivity index (χ3n) is 4.38. The highest BCUT2D eigenvalue weighted by atomic mass is 35.5. The maximum Gasteiger partial charge on any atom is 0.226 e. The molecule has 3 nitrogen and oxygen atoms in total. The number of hydrogen-bond acceptors (Lipinski definition) is 2. The molecule has 1 N–H and O–H groups in total. The fourth-order valence-electron chi connectivity index (χ4n) is 3.07. The van der Waals surface area contributed by atoms with Gasteiger partial charge in [-0.25, -0.2) is 0 Å². The van der Waals surface area contributed by atoms with E-state index in [1.54, 1.807) is 0 Å². The van der Waals surface area contributed by atoms with Crippen LogP contribution in [0.1, 0.15) is 51.9 Å². The second-order valence-electron chi connectivity index (χ2n) is 6.18. The van der Waals surface area contributed by atoms with E-state index in [9.17, 15) is 4.79 Å². The number of carbonyl (C=O) groups excluding carboxylic acids is 1. The smallest absolute Gasteiger partial charge is 0.226 e. The number of halogens is 1. The largest absolute Gasteiger partial charge is 0.339 e. The molecule has 0 aromatic heterocycles. The molecular formula is C15H29ClN2O. The summed E-state index contributed by atoms with van der Waals surface area (Å²) in [6.07, 6.45) is 9.08. The molecule has 0 heterocycles. The molecule has 0 spiro atoms. The van der Waals surface area contributed by atoms with Gasteiger partial charge in [0.25, 0.3) is 0 Å². The standard InChI is InChI=1S/C15H28N2O.ClH/c1-12(10-16-2)15(18)17(11-13-8-9-13)14-6-4-3-5-7-14;/h12-14,16H,3-11H2,1-2H3;1H. The Morgan fingerprint density at radius 3 is 2.37 bits per heavy atom. The summed E-state index contributed by atoms with van der Waals surface area (Å²) in [5, 5.41) is 3.13. The normalized spacial score (nSPS) is 21.6. The number of carbonyl (C=O) groups is 1. The van der Waals surface area contributed by atoms with Crippen LogP contribution in [0.4, 0.5) is 0 Å². The lowest BCUT2D eigenvalue weighted by Gasteiger charge is -2.36. The fourth-order valence-corrected chi connectivity index (χ4v) is 3.07. The summed E-state index contributed by atoms with van der Waals surface area (Å²) in [6.45, 7) is 3.88. The molecule has 0 aromatic rings. The summed E-state index contributed by atoms with van der Waals surface area (Å²) in [7, 11) is 1.93. The van der Waals surface area contributed by atoms with Gasteiger partial charge in [0.1, 0.15) is 0 Å². The van der Waals surface area contributed by atoms with Crippen molar-refractivity contribution < 1.29 is 4.79 Å². The molecule has 2 rings (SSSR count). The van der Waals surface area contributed by atoms with Crippen molar-refractivity contribution in [1.82, 2.24) is 10.2 Å². The fraction of sp³-hybridized carbons (Fsp3) is 0.933. The lowest BCUT2D eigenvalue weighted by Crippen LogP contribution is -2.46. The third kappa shape index (κ3) is 4.96. The number of hydrogen-bond donors (Lipinski definition) is 1. The summed E-state index contributed by atoms with van der Waals surface area (Å²) in [4.78, 5) is 14.8. The highest BCUT2D eigenvalue weighted by Crippen LogP contribution is 2.33. The Bertz CT molecular complexity index is 275. The van der Waals surface area contributed by atoms with Crippen LogP contribution < -0.4 is 5.32 Å². The number of nitrogens with zero attached hydrogens (tertiary/aromatic N) is 1. The molecule has 1 unspecified atom stereocenters. The van der Waals surface area contributed by atoms with E-state index in [1.807, 2.05) is 7.05 Å². The Kier molecular flexibility index (Phi) is 7.16. The minimum atomic E-state index is 0. The average molecular weight is 289 g/mol. The third-order valence-corrected chi connectivity index (χ3v) is 4.38. The number of amides is 1. The van der Waals surface area contributed by atoms with Gasteiger partial charge in [0.2, 0.25) is 5.91 Å². The summed E-state index contributed by atoms with van der Waals surface area (Å²) in [5.41, 5.74) is 0. The molecule has 0 bridgehead atoms. The van der Waals surface area contributed by atoms with E-state index in [-0.39, 0.29) is 18.3 Å². The van der Waals surface area contributed by atoms with Crippen molar-refractivity contribution in [3.63, 3.8) is 0 Å². The summed E-state index contributed by atoms with van der Waals surface area (Å²) in [6, 6.07) is 0.533. The number of rotatable bonds is 6. The Morgan fingerprint density at radius 1 is 1.21 bits per heavy atom. The predicted molar refractivity (Wildman–Crippen MR) is 81.6 cm³/mol. The van der Waals surface area contributed by atoms with E-state index in [0.29, 0.717) is 11.9 Å². The lowest BCUT2D eigenvalue weighted by molar-refractivity contribution is -0.138. The van der Waals surface area contributed by atoms with Gasteiger partial charge < -0.3 is 10.2 Å². The molecule has 0 aromatic carbocycles. The van der Waals surface area contributed by atoms with Crippen LogP contribution in [-0.2, 0) is 4.79 Å².